The summed E-state index contributed by atoms with van der Waals surface area (Å²) in [5.74, 6) is -0.322. The summed E-state index contributed by atoms with van der Waals surface area (Å²) < 4.78 is 14.4. The van der Waals surface area contributed by atoms with Crippen molar-refractivity contribution in [1.29, 1.82) is 0 Å². The fraction of sp³-hybridized carbons (Fsp3) is 0.250. The van der Waals surface area contributed by atoms with E-state index in [-0.39, 0.29) is 18.0 Å². The second-order valence-corrected chi connectivity index (χ2v) is 3.79. The van der Waals surface area contributed by atoms with Gasteiger partial charge in [-0.25, -0.2) is 9.07 Å². The zero-order valence-corrected chi connectivity index (χ0v) is 9.19. The average Bonchev–Trinajstić information content (AvgIpc) is 2.62. The van der Waals surface area contributed by atoms with E-state index >= 15 is 0 Å². The van der Waals surface area contributed by atoms with Gasteiger partial charge in [-0.3, -0.25) is 4.79 Å². The summed E-state index contributed by atoms with van der Waals surface area (Å²) in [6.07, 6.45) is 1.89. The van der Waals surface area contributed by atoms with Crippen molar-refractivity contribution in [2.45, 2.75) is 13.0 Å². The first kappa shape index (κ1) is 11.6. The van der Waals surface area contributed by atoms with Gasteiger partial charge in [-0.2, -0.15) is 0 Å². The van der Waals surface area contributed by atoms with E-state index < -0.39 is 0 Å². The first-order valence-electron chi connectivity index (χ1n) is 5.33. The molecular weight excluding hydrogens is 223 g/mol. The molecule has 0 aliphatic rings. The highest BCUT2D eigenvalue weighted by Crippen LogP contribution is 2.04. The summed E-state index contributed by atoms with van der Waals surface area (Å²) in [5.41, 5.74) is 1.07. The molecule has 0 spiro atoms. The van der Waals surface area contributed by atoms with Crippen LogP contribution in [0.5, 0.6) is 0 Å². The Labute approximate surface area is 97.3 Å². The van der Waals surface area contributed by atoms with E-state index in [0.717, 1.165) is 0 Å². The lowest BCUT2D eigenvalue weighted by molar-refractivity contribution is 0.299. The van der Waals surface area contributed by atoms with Gasteiger partial charge in [0.25, 0.3) is 5.56 Å². The predicted octanol–water partition coefficient (Wildman–Crippen LogP) is 0.899. The van der Waals surface area contributed by atoms with Gasteiger partial charge in [0.1, 0.15) is 5.82 Å². The van der Waals surface area contributed by atoms with Crippen LogP contribution in [0.4, 0.5) is 4.39 Å². The molecule has 0 aliphatic carbocycles. The van der Waals surface area contributed by atoms with Crippen LogP contribution < -0.4 is 5.56 Å². The van der Waals surface area contributed by atoms with Crippen LogP contribution in [0.25, 0.3) is 0 Å². The fourth-order valence-corrected chi connectivity index (χ4v) is 1.68. The molecule has 0 saturated carbocycles. The van der Waals surface area contributed by atoms with Crippen LogP contribution in [0.15, 0.2) is 35.3 Å². The maximum Gasteiger partial charge on any atom is 0.270 e. The van der Waals surface area contributed by atoms with Crippen LogP contribution in [0.3, 0.4) is 0 Å². The highest BCUT2D eigenvalue weighted by Gasteiger charge is 2.06. The van der Waals surface area contributed by atoms with Gasteiger partial charge in [-0.05, 0) is 17.7 Å². The number of benzene rings is 1. The third-order valence-electron chi connectivity index (χ3n) is 2.53. The largest absolute Gasteiger partial charge is 0.396 e. The summed E-state index contributed by atoms with van der Waals surface area (Å²) in [4.78, 5) is 11.8. The van der Waals surface area contributed by atoms with Gasteiger partial charge in [0.05, 0.1) is 6.54 Å². The predicted molar refractivity (Wildman–Crippen MR) is 61.3 cm³/mol. The SMILES string of the molecule is O=c1c(CCO)c[nH]n1Cc1cccc(F)c1. The highest BCUT2D eigenvalue weighted by molar-refractivity contribution is 5.17. The van der Waals surface area contributed by atoms with Gasteiger partial charge in [-0.15, -0.1) is 0 Å². The molecule has 0 bridgehead atoms. The van der Waals surface area contributed by atoms with Crippen LogP contribution in [-0.2, 0) is 13.0 Å². The fourth-order valence-electron chi connectivity index (χ4n) is 1.68. The topological polar surface area (TPSA) is 58.0 Å². The minimum Gasteiger partial charge on any atom is -0.396 e. The van der Waals surface area contributed by atoms with Gasteiger partial charge in [0, 0.05) is 24.8 Å². The summed E-state index contributed by atoms with van der Waals surface area (Å²) in [7, 11) is 0. The number of hydrogen-bond acceptors (Lipinski definition) is 2. The van der Waals surface area contributed by atoms with Crippen molar-refractivity contribution >= 4 is 0 Å². The minimum atomic E-state index is -0.322. The number of aromatic nitrogens is 2. The maximum atomic E-state index is 13.0. The average molecular weight is 236 g/mol. The molecule has 17 heavy (non-hydrogen) atoms. The third kappa shape index (κ3) is 2.62. The summed E-state index contributed by atoms with van der Waals surface area (Å²) >= 11 is 0. The number of rotatable bonds is 4. The van der Waals surface area contributed by atoms with Gasteiger partial charge in [0.2, 0.25) is 0 Å². The van der Waals surface area contributed by atoms with Crippen molar-refractivity contribution in [3.05, 3.63) is 57.8 Å². The van der Waals surface area contributed by atoms with Crippen molar-refractivity contribution in [3.63, 3.8) is 0 Å². The van der Waals surface area contributed by atoms with E-state index in [1.165, 1.54) is 16.8 Å². The molecule has 1 heterocycles. The summed E-state index contributed by atoms with van der Waals surface area (Å²) in [5, 5.41) is 11.6. The Kier molecular flexibility index (Phi) is 3.39. The number of aliphatic hydroxyl groups is 1. The smallest absolute Gasteiger partial charge is 0.270 e. The molecule has 0 aliphatic heterocycles. The second kappa shape index (κ2) is 4.97. The molecule has 2 N–H and O–H groups in total. The molecule has 0 atom stereocenters. The minimum absolute atomic E-state index is 0.0624. The van der Waals surface area contributed by atoms with Crippen LogP contribution in [0, 0.1) is 5.82 Å². The highest BCUT2D eigenvalue weighted by atomic mass is 19.1. The van der Waals surface area contributed by atoms with Crippen LogP contribution in [-0.4, -0.2) is 21.5 Å². The Hall–Kier alpha value is -1.88. The molecule has 4 nitrogen and oxygen atoms in total. The molecule has 1 aromatic carbocycles. The monoisotopic (exact) mass is 236 g/mol. The first-order valence-corrected chi connectivity index (χ1v) is 5.33. The molecule has 0 radical (unpaired) electrons. The Balaban J connectivity index is 2.22. The first-order chi connectivity index (χ1) is 8.20. The number of nitrogens with one attached hydrogen (secondary N) is 1. The maximum absolute atomic E-state index is 13.0. The summed E-state index contributed by atoms with van der Waals surface area (Å²) in [6, 6.07) is 6.10. The third-order valence-corrected chi connectivity index (χ3v) is 2.53. The molecule has 2 aromatic rings. The van der Waals surface area contributed by atoms with Crippen LogP contribution >= 0.6 is 0 Å². The molecular formula is C12H13FN2O2. The molecule has 90 valence electrons. The quantitative estimate of drug-likeness (QED) is 0.828. The normalized spacial score (nSPS) is 10.7. The number of aliphatic hydroxyl groups excluding tert-OH is 1. The molecule has 0 amide bonds. The van der Waals surface area contributed by atoms with Crippen molar-refractivity contribution < 1.29 is 9.50 Å². The number of hydrogen-bond donors (Lipinski definition) is 2. The van der Waals surface area contributed by atoms with E-state index in [9.17, 15) is 9.18 Å². The number of H-pyrrole nitrogens is 1. The zero-order chi connectivity index (χ0) is 12.3. The number of nitrogens with zero attached hydrogens (tertiary/aromatic N) is 1. The van der Waals surface area contributed by atoms with Crippen LogP contribution in [0.2, 0.25) is 0 Å². The van der Waals surface area contributed by atoms with E-state index in [1.54, 1.807) is 18.3 Å². The van der Waals surface area contributed by atoms with Gasteiger partial charge >= 0.3 is 0 Å². The van der Waals surface area contributed by atoms with E-state index in [0.29, 0.717) is 24.1 Å². The molecule has 5 heteroatoms. The lowest BCUT2D eigenvalue weighted by Gasteiger charge is -2.01. The second-order valence-electron chi connectivity index (χ2n) is 3.79. The molecule has 0 unspecified atom stereocenters. The Morgan fingerprint density at radius 1 is 1.41 bits per heavy atom. The number of aromatic amines is 1. The van der Waals surface area contributed by atoms with E-state index in [2.05, 4.69) is 5.10 Å². The van der Waals surface area contributed by atoms with Gasteiger partial charge in [-0.1, -0.05) is 12.1 Å². The van der Waals surface area contributed by atoms with Gasteiger partial charge < -0.3 is 10.2 Å². The van der Waals surface area contributed by atoms with Crippen molar-refractivity contribution in [3.8, 4) is 0 Å². The Morgan fingerprint density at radius 3 is 2.94 bits per heavy atom. The standard InChI is InChI=1S/C12H13FN2O2/c13-11-3-1-2-9(6-11)8-15-12(17)10(4-5-16)7-14-15/h1-3,6-7,14,16H,4-5,8H2. The number of halogens is 1. The van der Waals surface area contributed by atoms with Crippen molar-refractivity contribution in [2.75, 3.05) is 6.61 Å². The zero-order valence-electron chi connectivity index (χ0n) is 9.19. The lowest BCUT2D eigenvalue weighted by atomic mass is 10.2. The van der Waals surface area contributed by atoms with Crippen molar-refractivity contribution in [2.24, 2.45) is 0 Å². The summed E-state index contributed by atoms with van der Waals surface area (Å²) in [6.45, 7) is 0.231. The Morgan fingerprint density at radius 2 is 2.24 bits per heavy atom. The molecule has 1 aromatic heterocycles. The molecule has 2 rings (SSSR count). The van der Waals surface area contributed by atoms with Gasteiger partial charge in [0.15, 0.2) is 0 Å². The Bertz CT molecular complexity index is 560. The lowest BCUT2D eigenvalue weighted by Crippen LogP contribution is -2.20. The van der Waals surface area contributed by atoms with Crippen LogP contribution in [0.1, 0.15) is 11.1 Å². The molecule has 0 fully saturated rings. The van der Waals surface area contributed by atoms with Crippen molar-refractivity contribution in [1.82, 2.24) is 9.78 Å². The van der Waals surface area contributed by atoms with E-state index in [1.807, 2.05) is 0 Å². The van der Waals surface area contributed by atoms with E-state index in [4.69, 9.17) is 5.11 Å². The molecule has 0 saturated heterocycles.